The summed E-state index contributed by atoms with van der Waals surface area (Å²) >= 11 is 0. The highest BCUT2D eigenvalue weighted by Gasteiger charge is 2.28. The summed E-state index contributed by atoms with van der Waals surface area (Å²) in [6, 6.07) is 13.0. The Morgan fingerprint density at radius 3 is 2.45 bits per heavy atom. The maximum Gasteiger partial charge on any atom is 0.276 e. The number of aromatic nitrogens is 2. The number of nitrogens with zero attached hydrogens (tertiary/aromatic N) is 3. The number of benzene rings is 2. The van der Waals surface area contributed by atoms with E-state index in [1.54, 1.807) is 12.1 Å². The van der Waals surface area contributed by atoms with Gasteiger partial charge in [0.15, 0.2) is 5.69 Å². The number of para-hydroxylation sites is 1. The van der Waals surface area contributed by atoms with Crippen LogP contribution in [0.5, 0.6) is 0 Å². The third kappa shape index (κ3) is 4.20. The molecule has 7 nitrogen and oxygen atoms in total. The predicted octanol–water partition coefficient (Wildman–Crippen LogP) is 4.26. The normalized spacial score (nSPS) is 13.4. The van der Waals surface area contributed by atoms with Crippen molar-refractivity contribution in [1.29, 1.82) is 0 Å². The molecule has 1 heterocycles. The van der Waals surface area contributed by atoms with Crippen molar-refractivity contribution in [2.24, 2.45) is 0 Å². The first kappa shape index (κ1) is 23.2. The van der Waals surface area contributed by atoms with Crippen LogP contribution in [-0.4, -0.2) is 41.5 Å². The molecule has 0 saturated carbocycles. The summed E-state index contributed by atoms with van der Waals surface area (Å²) < 4.78 is 29.4. The zero-order valence-corrected chi connectivity index (χ0v) is 20.4. The minimum absolute atomic E-state index is 0.185. The highest BCUT2D eigenvalue weighted by Crippen LogP contribution is 2.30. The van der Waals surface area contributed by atoms with Gasteiger partial charge in [0.05, 0.1) is 10.6 Å². The second kappa shape index (κ2) is 9.11. The number of aryl methyl sites for hydroxylation is 1. The number of nitrogens with one attached hydrogen (secondary N) is 1. The van der Waals surface area contributed by atoms with E-state index in [1.807, 2.05) is 62.7 Å². The van der Waals surface area contributed by atoms with Crippen molar-refractivity contribution >= 4 is 21.6 Å². The molecular formula is C25H30N4O3S. The highest BCUT2D eigenvalue weighted by molar-refractivity contribution is 7.89. The Balaban J connectivity index is 1.71. The summed E-state index contributed by atoms with van der Waals surface area (Å²) in [5.74, 6) is -0.317. The number of hydrogen-bond acceptors (Lipinski definition) is 4. The zero-order valence-electron chi connectivity index (χ0n) is 19.6. The zero-order chi connectivity index (χ0) is 23.8. The van der Waals surface area contributed by atoms with Crippen LogP contribution in [-0.2, 0) is 22.9 Å². The second-order valence-electron chi connectivity index (χ2n) is 8.33. The molecule has 0 atom stereocenters. The molecule has 0 saturated heterocycles. The molecule has 0 radical (unpaired) electrons. The van der Waals surface area contributed by atoms with Crippen molar-refractivity contribution in [3.63, 3.8) is 0 Å². The van der Waals surface area contributed by atoms with Gasteiger partial charge < -0.3 is 5.32 Å². The largest absolute Gasteiger partial charge is 0.320 e. The van der Waals surface area contributed by atoms with Gasteiger partial charge in [0.2, 0.25) is 10.0 Å². The SMILES string of the molecule is CCN(CC)S(=O)(=O)c1cc(C)c(C)c(NC(=O)c2nn(-c3ccccc3)c3c2CCC3)c1. The molecule has 0 spiro atoms. The maximum atomic E-state index is 13.3. The van der Waals surface area contributed by atoms with Crippen LogP contribution in [0.4, 0.5) is 5.69 Å². The fourth-order valence-corrected chi connectivity index (χ4v) is 5.97. The van der Waals surface area contributed by atoms with Crippen molar-refractivity contribution in [1.82, 2.24) is 14.1 Å². The lowest BCUT2D eigenvalue weighted by Crippen LogP contribution is -2.30. The quantitative estimate of drug-likeness (QED) is 0.564. The van der Waals surface area contributed by atoms with Crippen molar-refractivity contribution in [3.8, 4) is 5.69 Å². The number of fused-ring (bicyclic) bond motifs is 1. The summed E-state index contributed by atoms with van der Waals surface area (Å²) in [6.07, 6.45) is 2.66. The second-order valence-corrected chi connectivity index (χ2v) is 10.3. The molecule has 174 valence electrons. The van der Waals surface area contributed by atoms with Gasteiger partial charge >= 0.3 is 0 Å². The summed E-state index contributed by atoms with van der Waals surface area (Å²) in [5.41, 5.74) is 5.50. The molecule has 2 aromatic carbocycles. The van der Waals surface area contributed by atoms with Crippen molar-refractivity contribution in [3.05, 3.63) is 70.5 Å². The smallest absolute Gasteiger partial charge is 0.276 e. The summed E-state index contributed by atoms with van der Waals surface area (Å²) in [6.45, 7) is 8.13. The van der Waals surface area contributed by atoms with Crippen LogP contribution in [0.2, 0.25) is 0 Å². The number of sulfonamides is 1. The van der Waals surface area contributed by atoms with Gasteiger partial charge in [-0.1, -0.05) is 32.0 Å². The lowest BCUT2D eigenvalue weighted by Gasteiger charge is -2.20. The number of carbonyl (C=O) groups is 1. The third-order valence-electron chi connectivity index (χ3n) is 6.38. The van der Waals surface area contributed by atoms with Crippen LogP contribution in [0.3, 0.4) is 0 Å². The van der Waals surface area contributed by atoms with E-state index in [4.69, 9.17) is 0 Å². The van der Waals surface area contributed by atoms with E-state index in [0.717, 1.165) is 47.3 Å². The predicted molar refractivity (Wildman–Crippen MR) is 130 cm³/mol. The van der Waals surface area contributed by atoms with E-state index in [-0.39, 0.29) is 10.8 Å². The lowest BCUT2D eigenvalue weighted by atomic mass is 10.1. The molecule has 1 amide bonds. The van der Waals surface area contributed by atoms with Gasteiger partial charge in [0.1, 0.15) is 0 Å². The van der Waals surface area contributed by atoms with E-state index >= 15 is 0 Å². The molecule has 0 bridgehead atoms. The number of carbonyl (C=O) groups excluding carboxylic acids is 1. The molecule has 1 aromatic heterocycles. The first-order valence-corrected chi connectivity index (χ1v) is 12.8. The molecule has 3 aromatic rings. The number of rotatable bonds is 7. The Labute approximate surface area is 195 Å². The van der Waals surface area contributed by atoms with Crippen LogP contribution in [0.15, 0.2) is 47.4 Å². The lowest BCUT2D eigenvalue weighted by molar-refractivity contribution is 0.102. The highest BCUT2D eigenvalue weighted by atomic mass is 32.2. The van der Waals surface area contributed by atoms with Gasteiger partial charge in [-0.25, -0.2) is 13.1 Å². The Morgan fingerprint density at radius 1 is 1.09 bits per heavy atom. The van der Waals surface area contributed by atoms with Gasteiger partial charge in [-0.05, 0) is 68.5 Å². The minimum Gasteiger partial charge on any atom is -0.320 e. The summed E-state index contributed by atoms with van der Waals surface area (Å²) in [4.78, 5) is 13.5. The molecule has 0 aliphatic heterocycles. The molecule has 1 aliphatic rings. The molecule has 4 rings (SSSR count). The Bertz CT molecular complexity index is 1290. The molecule has 0 fully saturated rings. The van der Waals surface area contributed by atoms with Crippen LogP contribution in [0.1, 0.15) is 53.1 Å². The van der Waals surface area contributed by atoms with E-state index < -0.39 is 10.0 Å². The van der Waals surface area contributed by atoms with Gasteiger partial charge in [0.25, 0.3) is 5.91 Å². The van der Waals surface area contributed by atoms with E-state index in [9.17, 15) is 13.2 Å². The van der Waals surface area contributed by atoms with Crippen molar-refractivity contribution in [2.75, 3.05) is 18.4 Å². The van der Waals surface area contributed by atoms with Gasteiger partial charge in [-0.15, -0.1) is 0 Å². The molecule has 0 unspecified atom stereocenters. The van der Waals surface area contributed by atoms with Crippen molar-refractivity contribution in [2.45, 2.75) is 51.9 Å². The average molecular weight is 467 g/mol. The van der Waals surface area contributed by atoms with Gasteiger partial charge in [-0.2, -0.15) is 9.40 Å². The van der Waals surface area contributed by atoms with E-state index in [2.05, 4.69) is 10.4 Å². The topological polar surface area (TPSA) is 84.3 Å². The monoisotopic (exact) mass is 466 g/mol. The summed E-state index contributed by atoms with van der Waals surface area (Å²) in [5, 5.41) is 7.61. The van der Waals surface area contributed by atoms with Crippen LogP contribution in [0, 0.1) is 13.8 Å². The molecule has 1 N–H and O–H groups in total. The Kier molecular flexibility index (Phi) is 6.41. The fourth-order valence-electron chi connectivity index (χ4n) is 4.40. The molecule has 33 heavy (non-hydrogen) atoms. The first-order valence-electron chi connectivity index (χ1n) is 11.4. The minimum atomic E-state index is -3.64. The van der Waals surface area contributed by atoms with E-state index in [1.165, 1.54) is 4.31 Å². The van der Waals surface area contributed by atoms with Gasteiger partial charge in [0, 0.05) is 30.0 Å². The van der Waals surface area contributed by atoms with Crippen molar-refractivity contribution < 1.29 is 13.2 Å². The molecule has 1 aliphatic carbocycles. The number of amides is 1. The van der Waals surface area contributed by atoms with Crippen LogP contribution >= 0.6 is 0 Å². The summed E-state index contributed by atoms with van der Waals surface area (Å²) in [7, 11) is -3.64. The number of anilines is 1. The Hall–Kier alpha value is -2.97. The Morgan fingerprint density at radius 2 is 1.79 bits per heavy atom. The van der Waals surface area contributed by atoms with Crippen LogP contribution in [0.25, 0.3) is 5.69 Å². The fraction of sp³-hybridized carbons (Fsp3) is 0.360. The first-order chi connectivity index (χ1) is 15.8. The molecular weight excluding hydrogens is 436 g/mol. The third-order valence-corrected chi connectivity index (χ3v) is 8.41. The van der Waals surface area contributed by atoms with Crippen LogP contribution < -0.4 is 5.32 Å². The average Bonchev–Trinajstić information content (AvgIpc) is 3.41. The standard InChI is InChI=1S/C25H30N4O3S/c1-5-28(6-2)33(31,32)20-15-17(3)18(4)22(16-20)26-25(30)24-21-13-10-14-23(21)29(27-24)19-11-8-7-9-12-19/h7-9,11-12,15-16H,5-6,10,13-14H2,1-4H3,(H,26,30). The maximum absolute atomic E-state index is 13.3. The van der Waals surface area contributed by atoms with Gasteiger partial charge in [-0.3, -0.25) is 4.79 Å². The number of hydrogen-bond donors (Lipinski definition) is 1. The molecule has 8 heteroatoms. The van der Waals surface area contributed by atoms with E-state index in [0.29, 0.717) is 24.5 Å².